The first-order valence-corrected chi connectivity index (χ1v) is 14.2. The third-order valence-corrected chi connectivity index (χ3v) is 11.4. The summed E-state index contributed by atoms with van der Waals surface area (Å²) in [6, 6.07) is 5.78. The van der Waals surface area contributed by atoms with Crippen LogP contribution in [0.15, 0.2) is 24.4 Å². The normalized spacial score (nSPS) is 43.5. The molecule has 3 N–H and O–H groups in total. The van der Waals surface area contributed by atoms with Crippen molar-refractivity contribution in [3.8, 4) is 0 Å². The molecule has 0 aromatic carbocycles. The van der Waals surface area contributed by atoms with Crippen molar-refractivity contribution in [3.63, 3.8) is 0 Å². The SMILES string of the molecule is C[C@H](CCC(=O)NCc1ccccn1)[C@H]1CC[C@H]2[C@@H]3[C@@H](O)C[C@@H]4C[C@H](O)CC[C@]4(C)[C@H]3CC[C@]12C. The number of nitrogens with one attached hydrogen (secondary N) is 1. The Morgan fingerprint density at radius 2 is 1.86 bits per heavy atom. The predicted molar refractivity (Wildman–Crippen MR) is 137 cm³/mol. The van der Waals surface area contributed by atoms with E-state index in [0.29, 0.717) is 48.5 Å². The average molecular weight is 483 g/mol. The molecule has 35 heavy (non-hydrogen) atoms. The lowest BCUT2D eigenvalue weighted by Gasteiger charge is -2.62. The van der Waals surface area contributed by atoms with E-state index >= 15 is 0 Å². The zero-order valence-electron chi connectivity index (χ0n) is 22.0. The number of pyridine rings is 1. The van der Waals surface area contributed by atoms with Gasteiger partial charge in [0, 0.05) is 12.6 Å². The summed E-state index contributed by atoms with van der Waals surface area (Å²) in [5.74, 6) is 3.31. The van der Waals surface area contributed by atoms with Crippen LogP contribution in [0.3, 0.4) is 0 Å². The van der Waals surface area contributed by atoms with Crippen molar-refractivity contribution in [2.24, 2.45) is 46.3 Å². The molecule has 1 amide bonds. The number of nitrogens with zero attached hydrogens (tertiary/aromatic N) is 1. The van der Waals surface area contributed by atoms with Crippen LogP contribution in [0.25, 0.3) is 0 Å². The average Bonchev–Trinajstić information content (AvgIpc) is 3.20. The maximum atomic E-state index is 12.5. The fourth-order valence-electron chi connectivity index (χ4n) is 9.52. The van der Waals surface area contributed by atoms with Crippen molar-refractivity contribution < 1.29 is 15.0 Å². The minimum absolute atomic E-state index is 0.118. The van der Waals surface area contributed by atoms with E-state index in [4.69, 9.17) is 0 Å². The highest BCUT2D eigenvalue weighted by atomic mass is 16.3. The molecule has 0 spiro atoms. The van der Waals surface area contributed by atoms with Crippen LogP contribution in [-0.4, -0.2) is 33.3 Å². The van der Waals surface area contributed by atoms with Gasteiger partial charge in [-0.25, -0.2) is 0 Å². The molecular weight excluding hydrogens is 436 g/mol. The second kappa shape index (κ2) is 9.78. The van der Waals surface area contributed by atoms with Crippen LogP contribution in [0.4, 0.5) is 0 Å². The minimum Gasteiger partial charge on any atom is -0.393 e. The maximum absolute atomic E-state index is 12.5. The number of aromatic nitrogens is 1. The van der Waals surface area contributed by atoms with E-state index in [9.17, 15) is 15.0 Å². The standard InChI is InChI=1S/C30H46N2O3/c1-19(7-10-27(35)32-18-21-6-4-5-15-31-21)23-8-9-24-28-25(12-14-30(23,24)3)29(2)13-11-22(33)16-20(29)17-26(28)34/h4-6,15,19-20,22-26,28,33-34H,7-14,16-18H2,1-3H3,(H,32,35)/t19-,20+,22-,23-,24+,25+,26+,28+,29+,30-/m1/s1. The van der Waals surface area contributed by atoms with Gasteiger partial charge in [0.2, 0.25) is 5.91 Å². The Bertz CT molecular complexity index is 893. The van der Waals surface area contributed by atoms with Crippen LogP contribution in [0.5, 0.6) is 0 Å². The molecule has 0 unspecified atom stereocenters. The molecule has 4 aliphatic rings. The van der Waals surface area contributed by atoms with Gasteiger partial charge in [0.1, 0.15) is 0 Å². The van der Waals surface area contributed by atoms with E-state index in [1.54, 1.807) is 6.20 Å². The second-order valence-electron chi connectivity index (χ2n) is 13.1. The van der Waals surface area contributed by atoms with Crippen molar-refractivity contribution in [2.45, 2.75) is 104 Å². The van der Waals surface area contributed by atoms with Crippen LogP contribution in [-0.2, 0) is 11.3 Å². The smallest absolute Gasteiger partial charge is 0.220 e. The number of aliphatic hydroxyl groups is 2. The Labute approximate surface area is 211 Å². The summed E-state index contributed by atoms with van der Waals surface area (Å²) in [6.07, 6.45) is 11.6. The van der Waals surface area contributed by atoms with E-state index in [1.807, 2.05) is 18.2 Å². The molecule has 1 aromatic rings. The summed E-state index contributed by atoms with van der Waals surface area (Å²) in [5.41, 5.74) is 1.44. The first kappa shape index (κ1) is 25.2. The molecule has 4 saturated carbocycles. The molecule has 10 atom stereocenters. The fraction of sp³-hybridized carbons (Fsp3) is 0.800. The van der Waals surface area contributed by atoms with Crippen molar-refractivity contribution in [2.75, 3.05) is 0 Å². The Morgan fingerprint density at radius 1 is 1.09 bits per heavy atom. The second-order valence-corrected chi connectivity index (χ2v) is 13.1. The Balaban J connectivity index is 1.21. The summed E-state index contributed by atoms with van der Waals surface area (Å²) in [6.45, 7) is 7.84. The summed E-state index contributed by atoms with van der Waals surface area (Å²) in [5, 5.41) is 24.8. The van der Waals surface area contributed by atoms with Gasteiger partial charge in [-0.05, 0) is 116 Å². The highest BCUT2D eigenvalue weighted by Crippen LogP contribution is 2.68. The van der Waals surface area contributed by atoms with Crippen LogP contribution < -0.4 is 5.32 Å². The summed E-state index contributed by atoms with van der Waals surface area (Å²) in [4.78, 5) is 16.8. The molecule has 1 heterocycles. The maximum Gasteiger partial charge on any atom is 0.220 e. The first-order chi connectivity index (χ1) is 16.7. The molecule has 4 fully saturated rings. The number of hydrogen-bond acceptors (Lipinski definition) is 4. The van der Waals surface area contributed by atoms with Gasteiger partial charge in [-0.2, -0.15) is 0 Å². The molecule has 5 heteroatoms. The molecule has 5 nitrogen and oxygen atoms in total. The summed E-state index contributed by atoms with van der Waals surface area (Å²) in [7, 11) is 0. The highest BCUT2D eigenvalue weighted by Gasteiger charge is 2.62. The summed E-state index contributed by atoms with van der Waals surface area (Å²) >= 11 is 0. The molecule has 4 aliphatic carbocycles. The Hall–Kier alpha value is -1.46. The van der Waals surface area contributed by atoms with Crippen molar-refractivity contribution in [1.29, 1.82) is 0 Å². The van der Waals surface area contributed by atoms with Crippen molar-refractivity contribution in [3.05, 3.63) is 30.1 Å². The molecule has 0 aliphatic heterocycles. The van der Waals surface area contributed by atoms with Gasteiger partial charge in [0.15, 0.2) is 0 Å². The van der Waals surface area contributed by atoms with Crippen LogP contribution in [0.1, 0.15) is 90.7 Å². The van der Waals surface area contributed by atoms with Gasteiger partial charge >= 0.3 is 0 Å². The number of aliphatic hydroxyl groups excluding tert-OH is 2. The molecule has 5 rings (SSSR count). The largest absolute Gasteiger partial charge is 0.393 e. The van der Waals surface area contributed by atoms with Gasteiger partial charge in [-0.3, -0.25) is 9.78 Å². The van der Waals surface area contributed by atoms with E-state index in [-0.39, 0.29) is 28.9 Å². The summed E-state index contributed by atoms with van der Waals surface area (Å²) < 4.78 is 0. The molecule has 194 valence electrons. The van der Waals surface area contributed by atoms with E-state index < -0.39 is 0 Å². The third-order valence-electron chi connectivity index (χ3n) is 11.4. The zero-order chi connectivity index (χ0) is 24.8. The van der Waals surface area contributed by atoms with Gasteiger partial charge in [-0.1, -0.05) is 26.8 Å². The number of carbonyl (C=O) groups excluding carboxylic acids is 1. The van der Waals surface area contributed by atoms with E-state index in [0.717, 1.165) is 37.8 Å². The molecular formula is C30H46N2O3. The van der Waals surface area contributed by atoms with Crippen LogP contribution >= 0.6 is 0 Å². The first-order valence-electron chi connectivity index (χ1n) is 14.2. The fourth-order valence-corrected chi connectivity index (χ4v) is 9.52. The van der Waals surface area contributed by atoms with Crippen molar-refractivity contribution in [1.82, 2.24) is 10.3 Å². The molecule has 0 radical (unpaired) electrons. The topological polar surface area (TPSA) is 82.5 Å². The number of amides is 1. The molecule has 0 saturated heterocycles. The number of carbonyl (C=O) groups is 1. The zero-order valence-corrected chi connectivity index (χ0v) is 22.0. The lowest BCUT2D eigenvalue weighted by Crippen LogP contribution is -2.58. The highest BCUT2D eigenvalue weighted by molar-refractivity contribution is 5.75. The van der Waals surface area contributed by atoms with Crippen LogP contribution in [0, 0.1) is 46.3 Å². The lowest BCUT2D eigenvalue weighted by atomic mass is 9.43. The van der Waals surface area contributed by atoms with E-state index in [2.05, 4.69) is 31.1 Å². The third kappa shape index (κ3) is 4.56. The Morgan fingerprint density at radius 3 is 2.63 bits per heavy atom. The van der Waals surface area contributed by atoms with Gasteiger partial charge in [0.25, 0.3) is 0 Å². The lowest BCUT2D eigenvalue weighted by molar-refractivity contribution is -0.174. The van der Waals surface area contributed by atoms with Crippen LogP contribution in [0.2, 0.25) is 0 Å². The monoisotopic (exact) mass is 482 g/mol. The van der Waals surface area contributed by atoms with Gasteiger partial charge in [0.05, 0.1) is 24.4 Å². The quantitative estimate of drug-likeness (QED) is 0.527. The molecule has 0 bridgehead atoms. The van der Waals surface area contributed by atoms with Crippen molar-refractivity contribution >= 4 is 5.91 Å². The number of fused-ring (bicyclic) bond motifs is 5. The number of hydrogen-bond donors (Lipinski definition) is 3. The van der Waals surface area contributed by atoms with Gasteiger partial charge in [-0.15, -0.1) is 0 Å². The Kier molecular flexibility index (Phi) is 7.04. The number of rotatable bonds is 6. The minimum atomic E-state index is -0.223. The predicted octanol–water partition coefficient (Wildman–Crippen LogP) is 5.10. The van der Waals surface area contributed by atoms with Gasteiger partial charge < -0.3 is 15.5 Å². The van der Waals surface area contributed by atoms with E-state index in [1.165, 1.54) is 25.7 Å². The molecule has 1 aromatic heterocycles.